The minimum absolute atomic E-state index is 0.543. The summed E-state index contributed by atoms with van der Waals surface area (Å²) in [4.78, 5) is 11.4. The molecule has 114 valence electrons. The van der Waals surface area contributed by atoms with Gasteiger partial charge >= 0.3 is 0 Å². The monoisotopic (exact) mass is 295 g/mol. The quantitative estimate of drug-likeness (QED) is 0.866. The number of hydrogen-bond acceptors (Lipinski definition) is 4. The summed E-state index contributed by atoms with van der Waals surface area (Å²) >= 11 is 0. The van der Waals surface area contributed by atoms with Gasteiger partial charge < -0.3 is 9.64 Å². The molecule has 0 unspecified atom stereocenters. The van der Waals surface area contributed by atoms with Crippen molar-refractivity contribution in [1.29, 1.82) is 0 Å². The van der Waals surface area contributed by atoms with E-state index in [1.807, 2.05) is 24.3 Å². The molecule has 0 N–H and O–H groups in total. The molecule has 22 heavy (non-hydrogen) atoms. The van der Waals surface area contributed by atoms with Gasteiger partial charge in [-0.3, -0.25) is 0 Å². The highest BCUT2D eigenvalue weighted by Crippen LogP contribution is 2.52. The smallest absolute Gasteiger partial charge is 0.228 e. The van der Waals surface area contributed by atoms with Gasteiger partial charge in [-0.1, -0.05) is 30.3 Å². The molecule has 0 radical (unpaired) electrons. The fourth-order valence-electron chi connectivity index (χ4n) is 3.26. The second-order valence-electron chi connectivity index (χ2n) is 6.49. The van der Waals surface area contributed by atoms with Crippen molar-refractivity contribution in [3.63, 3.8) is 0 Å². The average Bonchev–Trinajstić information content (AvgIpc) is 3.33. The fourth-order valence-corrected chi connectivity index (χ4v) is 3.26. The Kier molecular flexibility index (Phi) is 3.45. The summed E-state index contributed by atoms with van der Waals surface area (Å²) < 4.78 is 5.81. The van der Waals surface area contributed by atoms with E-state index in [1.54, 1.807) is 6.20 Å². The van der Waals surface area contributed by atoms with Crippen LogP contribution in [0.1, 0.15) is 31.2 Å². The molecule has 4 nitrogen and oxygen atoms in total. The van der Waals surface area contributed by atoms with Crippen LogP contribution in [-0.4, -0.2) is 23.1 Å². The van der Waals surface area contributed by atoms with E-state index in [9.17, 15) is 0 Å². The molecular formula is C18H21N3O. The molecule has 2 heterocycles. The summed E-state index contributed by atoms with van der Waals surface area (Å²) in [5.41, 5.74) is 1.72. The summed E-state index contributed by atoms with van der Waals surface area (Å²) in [5, 5.41) is 0. The number of nitrogens with zero attached hydrogens (tertiary/aromatic N) is 3. The number of rotatable bonds is 4. The van der Waals surface area contributed by atoms with Crippen molar-refractivity contribution in [3.8, 4) is 5.88 Å². The second kappa shape index (κ2) is 5.59. The van der Waals surface area contributed by atoms with E-state index in [0.717, 1.165) is 24.6 Å². The maximum absolute atomic E-state index is 5.81. The number of anilines is 1. The molecule has 2 aliphatic rings. The van der Waals surface area contributed by atoms with E-state index in [1.165, 1.54) is 25.7 Å². The van der Waals surface area contributed by atoms with Gasteiger partial charge in [0.15, 0.2) is 0 Å². The van der Waals surface area contributed by atoms with Crippen molar-refractivity contribution >= 4 is 5.95 Å². The van der Waals surface area contributed by atoms with E-state index in [0.29, 0.717) is 17.9 Å². The Labute approximate surface area is 131 Å². The average molecular weight is 295 g/mol. The molecule has 1 aromatic heterocycles. The molecule has 2 aromatic rings. The van der Waals surface area contributed by atoms with Gasteiger partial charge in [-0.2, -0.15) is 4.98 Å². The summed E-state index contributed by atoms with van der Waals surface area (Å²) in [6.07, 6.45) is 7.16. The van der Waals surface area contributed by atoms with Gasteiger partial charge in [-0.25, -0.2) is 4.98 Å². The first-order valence-electron chi connectivity index (χ1n) is 8.08. The van der Waals surface area contributed by atoms with Gasteiger partial charge in [0.2, 0.25) is 11.8 Å². The Morgan fingerprint density at radius 1 is 1.09 bits per heavy atom. The number of aromatic nitrogens is 2. The standard InChI is InChI=1S/C18H21N3O/c1-2-5-15(6-3-1)13-22-16-7-11-19-17(20-16)21-12-4-8-18(14-21)9-10-18/h1-3,5-7,11H,4,8-10,12-14H2. The molecule has 1 spiro atoms. The Balaban J connectivity index is 1.44. The first-order valence-corrected chi connectivity index (χ1v) is 8.08. The number of piperidine rings is 1. The molecule has 0 amide bonds. The van der Waals surface area contributed by atoms with Crippen LogP contribution in [0.15, 0.2) is 42.6 Å². The van der Waals surface area contributed by atoms with Gasteiger partial charge in [-0.15, -0.1) is 0 Å². The van der Waals surface area contributed by atoms with Crippen LogP contribution in [0.2, 0.25) is 0 Å². The van der Waals surface area contributed by atoms with E-state index < -0.39 is 0 Å². The highest BCUT2D eigenvalue weighted by atomic mass is 16.5. The molecule has 1 aliphatic heterocycles. The van der Waals surface area contributed by atoms with E-state index >= 15 is 0 Å². The van der Waals surface area contributed by atoms with Gasteiger partial charge in [0.1, 0.15) is 6.61 Å². The largest absolute Gasteiger partial charge is 0.473 e. The highest BCUT2D eigenvalue weighted by molar-refractivity contribution is 5.34. The molecule has 1 saturated carbocycles. The van der Waals surface area contributed by atoms with Crippen molar-refractivity contribution in [2.24, 2.45) is 5.41 Å². The van der Waals surface area contributed by atoms with Gasteiger partial charge in [0.05, 0.1) is 0 Å². The third-order valence-corrected chi connectivity index (χ3v) is 4.75. The van der Waals surface area contributed by atoms with Crippen molar-refractivity contribution in [2.45, 2.75) is 32.3 Å². The first-order chi connectivity index (χ1) is 10.8. The van der Waals surface area contributed by atoms with Crippen LogP contribution in [0.4, 0.5) is 5.95 Å². The molecule has 1 saturated heterocycles. The summed E-state index contributed by atoms with van der Waals surface area (Å²) in [5.74, 6) is 1.47. The first kappa shape index (κ1) is 13.6. The number of ether oxygens (including phenoxy) is 1. The lowest BCUT2D eigenvalue weighted by Crippen LogP contribution is -2.37. The Bertz CT molecular complexity index is 640. The number of benzene rings is 1. The molecule has 1 aliphatic carbocycles. The van der Waals surface area contributed by atoms with E-state index in [-0.39, 0.29) is 0 Å². The normalized spacial score (nSPS) is 19.2. The molecule has 1 aromatic carbocycles. The van der Waals surface area contributed by atoms with Crippen molar-refractivity contribution < 1.29 is 4.74 Å². The lowest BCUT2D eigenvalue weighted by molar-refractivity contribution is 0.292. The molecule has 2 fully saturated rings. The van der Waals surface area contributed by atoms with Gasteiger partial charge in [0, 0.05) is 25.4 Å². The molecule has 0 atom stereocenters. The molecule has 4 rings (SSSR count). The lowest BCUT2D eigenvalue weighted by atomic mass is 9.95. The van der Waals surface area contributed by atoms with Crippen LogP contribution >= 0.6 is 0 Å². The SMILES string of the molecule is c1ccc(COc2ccnc(N3CCCC4(CC4)C3)n2)cc1. The zero-order chi connectivity index (χ0) is 14.8. The van der Waals surface area contributed by atoms with Crippen LogP contribution in [0.3, 0.4) is 0 Å². The summed E-state index contributed by atoms with van der Waals surface area (Å²) in [6.45, 7) is 2.71. The molecule has 0 bridgehead atoms. The van der Waals surface area contributed by atoms with Crippen LogP contribution in [0.5, 0.6) is 5.88 Å². The van der Waals surface area contributed by atoms with Gasteiger partial charge in [0.25, 0.3) is 0 Å². The van der Waals surface area contributed by atoms with E-state index in [2.05, 4.69) is 27.0 Å². The Hall–Kier alpha value is -2.10. The lowest BCUT2D eigenvalue weighted by Gasteiger charge is -2.32. The summed E-state index contributed by atoms with van der Waals surface area (Å²) in [6, 6.07) is 12.0. The van der Waals surface area contributed by atoms with Crippen LogP contribution in [0, 0.1) is 5.41 Å². The van der Waals surface area contributed by atoms with Crippen molar-refractivity contribution in [3.05, 3.63) is 48.2 Å². The highest BCUT2D eigenvalue weighted by Gasteiger charge is 2.45. The number of hydrogen-bond donors (Lipinski definition) is 0. The third kappa shape index (κ3) is 2.91. The van der Waals surface area contributed by atoms with Gasteiger partial charge in [-0.05, 0) is 36.7 Å². The Morgan fingerprint density at radius 2 is 1.95 bits per heavy atom. The predicted octanol–water partition coefficient (Wildman–Crippen LogP) is 3.44. The molecular weight excluding hydrogens is 274 g/mol. The van der Waals surface area contributed by atoms with Crippen molar-refractivity contribution in [2.75, 3.05) is 18.0 Å². The molecule has 4 heteroatoms. The maximum atomic E-state index is 5.81. The Morgan fingerprint density at radius 3 is 2.77 bits per heavy atom. The third-order valence-electron chi connectivity index (χ3n) is 4.75. The van der Waals surface area contributed by atoms with E-state index in [4.69, 9.17) is 4.74 Å². The van der Waals surface area contributed by atoms with Crippen LogP contribution in [0.25, 0.3) is 0 Å². The second-order valence-corrected chi connectivity index (χ2v) is 6.49. The van der Waals surface area contributed by atoms with Crippen LogP contribution in [-0.2, 0) is 6.61 Å². The summed E-state index contributed by atoms with van der Waals surface area (Å²) in [7, 11) is 0. The fraction of sp³-hybridized carbons (Fsp3) is 0.444. The minimum Gasteiger partial charge on any atom is -0.473 e. The topological polar surface area (TPSA) is 38.2 Å². The minimum atomic E-state index is 0.543. The van der Waals surface area contributed by atoms with Crippen molar-refractivity contribution in [1.82, 2.24) is 9.97 Å². The zero-order valence-electron chi connectivity index (χ0n) is 12.7. The zero-order valence-corrected chi connectivity index (χ0v) is 12.7. The van der Waals surface area contributed by atoms with Crippen LogP contribution < -0.4 is 9.64 Å². The predicted molar refractivity (Wildman–Crippen MR) is 85.9 cm³/mol. The maximum Gasteiger partial charge on any atom is 0.228 e.